The lowest BCUT2D eigenvalue weighted by atomic mass is 9.76. The number of aryl methyl sites for hydroxylation is 1. The maximum Gasteiger partial charge on any atom is 0.239 e. The van der Waals surface area contributed by atoms with Crippen molar-refractivity contribution in [3.05, 3.63) is 40.3 Å². The summed E-state index contributed by atoms with van der Waals surface area (Å²) in [6.45, 7) is 1.45. The van der Waals surface area contributed by atoms with E-state index in [1.165, 1.54) is 31.2 Å². The van der Waals surface area contributed by atoms with Crippen LogP contribution in [0.1, 0.15) is 49.7 Å². The molecule has 124 valence electrons. The van der Waals surface area contributed by atoms with E-state index in [2.05, 4.69) is 6.07 Å². The van der Waals surface area contributed by atoms with E-state index in [9.17, 15) is 8.42 Å². The van der Waals surface area contributed by atoms with Crippen molar-refractivity contribution in [1.29, 1.82) is 0 Å². The average molecular weight is 331 g/mol. The van der Waals surface area contributed by atoms with Crippen LogP contribution >= 0.6 is 0 Å². The quantitative estimate of drug-likeness (QED) is 0.826. The molecule has 23 heavy (non-hydrogen) atoms. The summed E-state index contributed by atoms with van der Waals surface area (Å²) in [7, 11) is -3.28. The number of allylic oxidation sites excluding steroid dienone is 1. The van der Waals surface area contributed by atoms with Gasteiger partial charge in [0, 0.05) is 13.1 Å². The molecular weight excluding hydrogens is 306 g/mol. The Bertz CT molecular complexity index is 723. The first-order valence-electron chi connectivity index (χ1n) is 8.93. The molecule has 3 aliphatic rings. The van der Waals surface area contributed by atoms with Crippen LogP contribution in [0.5, 0.6) is 0 Å². The predicted octanol–water partition coefficient (Wildman–Crippen LogP) is 3.82. The average Bonchev–Trinajstić information content (AvgIpc) is 2.61. The number of sulfonamides is 1. The van der Waals surface area contributed by atoms with Gasteiger partial charge in [-0.05, 0) is 54.7 Å². The van der Waals surface area contributed by atoms with E-state index in [0.29, 0.717) is 23.8 Å². The minimum absolute atomic E-state index is 0.587. The van der Waals surface area contributed by atoms with Gasteiger partial charge in [-0.2, -0.15) is 4.31 Å². The Labute approximate surface area is 139 Å². The molecule has 0 N–H and O–H groups in total. The summed E-state index contributed by atoms with van der Waals surface area (Å²) in [5, 5.41) is 0. The molecular formula is C19H25NO2S. The summed E-state index contributed by atoms with van der Waals surface area (Å²) in [5.41, 5.74) is 2.34. The summed E-state index contributed by atoms with van der Waals surface area (Å²) < 4.78 is 27.9. The number of rotatable bonds is 2. The lowest BCUT2D eigenvalue weighted by molar-refractivity contribution is 0.137. The fourth-order valence-electron chi connectivity index (χ4n) is 4.56. The first-order chi connectivity index (χ1) is 11.1. The highest BCUT2D eigenvalue weighted by atomic mass is 32.2. The van der Waals surface area contributed by atoms with Crippen LogP contribution in [0.15, 0.2) is 29.2 Å². The van der Waals surface area contributed by atoms with Crippen LogP contribution in [-0.2, 0) is 16.4 Å². The van der Waals surface area contributed by atoms with Gasteiger partial charge in [0.15, 0.2) is 0 Å². The van der Waals surface area contributed by atoms with E-state index in [1.54, 1.807) is 4.31 Å². The van der Waals surface area contributed by atoms with Crippen molar-refractivity contribution in [3.63, 3.8) is 0 Å². The molecule has 4 heteroatoms. The number of benzene rings is 1. The molecule has 1 heterocycles. The zero-order valence-corrected chi connectivity index (χ0v) is 14.4. The van der Waals surface area contributed by atoms with Gasteiger partial charge in [-0.1, -0.05) is 43.5 Å². The molecule has 2 atom stereocenters. The van der Waals surface area contributed by atoms with Crippen LogP contribution in [0.3, 0.4) is 0 Å². The molecule has 0 spiro atoms. The minimum Gasteiger partial charge on any atom is -0.207 e. The summed E-state index contributed by atoms with van der Waals surface area (Å²) in [6.07, 6.45) is 9.54. The van der Waals surface area contributed by atoms with Crippen molar-refractivity contribution in [2.75, 3.05) is 13.1 Å². The van der Waals surface area contributed by atoms with E-state index >= 15 is 0 Å². The molecule has 1 saturated carbocycles. The van der Waals surface area contributed by atoms with Crippen molar-refractivity contribution >= 4 is 16.1 Å². The molecule has 2 fully saturated rings. The van der Waals surface area contributed by atoms with Crippen molar-refractivity contribution < 1.29 is 8.42 Å². The maximum absolute atomic E-state index is 13.1. The lowest BCUT2D eigenvalue weighted by Crippen LogP contribution is -2.45. The maximum atomic E-state index is 13.1. The number of nitrogens with zero attached hydrogens (tertiary/aromatic N) is 1. The van der Waals surface area contributed by atoms with Crippen molar-refractivity contribution in [2.24, 2.45) is 11.8 Å². The Hall–Kier alpha value is -1.13. The summed E-state index contributed by atoms with van der Waals surface area (Å²) >= 11 is 0. The van der Waals surface area contributed by atoms with Gasteiger partial charge in [-0.15, -0.1) is 0 Å². The summed E-state index contributed by atoms with van der Waals surface area (Å²) in [6, 6.07) is 8.14. The third-order valence-corrected chi connectivity index (χ3v) is 7.93. The topological polar surface area (TPSA) is 37.4 Å². The molecule has 1 saturated heterocycles. The molecule has 0 aromatic heterocycles. The Morgan fingerprint density at radius 1 is 0.957 bits per heavy atom. The standard InChI is InChI=1S/C19H25NO2S/c21-23(22,19-10-9-15-5-1-3-7-17(15)13-19)20-12-11-16-6-2-4-8-18(16)14-20/h1,3,5,7,13,16,18H,2,4,6,8-12,14H2. The molecule has 1 aromatic carbocycles. The van der Waals surface area contributed by atoms with Crippen LogP contribution < -0.4 is 0 Å². The van der Waals surface area contributed by atoms with Crippen molar-refractivity contribution in [3.8, 4) is 0 Å². The number of piperidine rings is 1. The van der Waals surface area contributed by atoms with Gasteiger partial charge in [0.1, 0.15) is 0 Å². The van der Waals surface area contributed by atoms with Gasteiger partial charge in [0.2, 0.25) is 10.0 Å². The molecule has 0 bridgehead atoms. The number of hydrogen-bond donors (Lipinski definition) is 0. The van der Waals surface area contributed by atoms with Crippen LogP contribution in [0, 0.1) is 11.8 Å². The highest BCUT2D eigenvalue weighted by molar-refractivity contribution is 7.93. The largest absolute Gasteiger partial charge is 0.239 e. The van der Waals surface area contributed by atoms with Gasteiger partial charge >= 0.3 is 0 Å². The molecule has 0 amide bonds. The third kappa shape index (κ3) is 2.87. The Morgan fingerprint density at radius 3 is 2.61 bits per heavy atom. The van der Waals surface area contributed by atoms with E-state index < -0.39 is 10.0 Å². The second-order valence-electron chi connectivity index (χ2n) is 7.27. The van der Waals surface area contributed by atoms with Gasteiger partial charge in [-0.25, -0.2) is 8.42 Å². The van der Waals surface area contributed by atoms with Crippen LogP contribution in [-0.4, -0.2) is 25.8 Å². The zero-order chi connectivity index (χ0) is 15.9. The summed E-state index contributed by atoms with van der Waals surface area (Å²) in [4.78, 5) is 0.616. The van der Waals surface area contributed by atoms with Crippen LogP contribution in [0.4, 0.5) is 0 Å². The minimum atomic E-state index is -3.28. The van der Waals surface area contributed by atoms with E-state index in [4.69, 9.17) is 0 Å². The predicted molar refractivity (Wildman–Crippen MR) is 93.3 cm³/mol. The van der Waals surface area contributed by atoms with Gasteiger partial charge in [0.05, 0.1) is 4.91 Å². The molecule has 2 unspecified atom stereocenters. The third-order valence-electron chi connectivity index (χ3n) is 5.94. The second-order valence-corrected chi connectivity index (χ2v) is 9.26. The Kier molecular flexibility index (Phi) is 4.06. The first kappa shape index (κ1) is 15.4. The van der Waals surface area contributed by atoms with Gasteiger partial charge in [-0.3, -0.25) is 0 Å². The molecule has 1 aromatic rings. The van der Waals surface area contributed by atoms with Crippen molar-refractivity contribution in [1.82, 2.24) is 4.31 Å². The Morgan fingerprint density at radius 2 is 1.74 bits per heavy atom. The van der Waals surface area contributed by atoms with Gasteiger partial charge in [0.25, 0.3) is 0 Å². The number of hydrogen-bond acceptors (Lipinski definition) is 2. The number of fused-ring (bicyclic) bond motifs is 2. The normalized spacial score (nSPS) is 28.6. The fourth-order valence-corrected chi connectivity index (χ4v) is 6.26. The summed E-state index contributed by atoms with van der Waals surface area (Å²) in [5.74, 6) is 1.35. The van der Waals surface area contributed by atoms with Crippen molar-refractivity contribution in [2.45, 2.75) is 44.9 Å². The van der Waals surface area contributed by atoms with Crippen LogP contribution in [0.25, 0.3) is 6.08 Å². The SMILES string of the molecule is O=S(=O)(C1=Cc2ccccc2CC1)N1CCC2CCCCC2C1. The van der Waals surface area contributed by atoms with E-state index in [1.807, 2.05) is 24.3 Å². The monoisotopic (exact) mass is 331 g/mol. The molecule has 4 rings (SSSR count). The zero-order valence-electron chi connectivity index (χ0n) is 13.6. The fraction of sp³-hybridized carbons (Fsp3) is 0.579. The smallest absolute Gasteiger partial charge is 0.207 e. The van der Waals surface area contributed by atoms with Gasteiger partial charge < -0.3 is 0 Å². The molecule has 2 aliphatic carbocycles. The van der Waals surface area contributed by atoms with E-state index in [0.717, 1.165) is 30.9 Å². The second kappa shape index (κ2) is 6.06. The Balaban J connectivity index is 1.58. The molecule has 3 nitrogen and oxygen atoms in total. The highest BCUT2D eigenvalue weighted by Crippen LogP contribution is 2.38. The highest BCUT2D eigenvalue weighted by Gasteiger charge is 2.37. The lowest BCUT2D eigenvalue weighted by Gasteiger charge is -2.41. The molecule has 1 aliphatic heterocycles. The molecule has 0 radical (unpaired) electrons. The first-order valence-corrected chi connectivity index (χ1v) is 10.4. The van der Waals surface area contributed by atoms with Crippen LogP contribution in [0.2, 0.25) is 0 Å². The van der Waals surface area contributed by atoms with E-state index in [-0.39, 0.29) is 0 Å².